The molecular weight excluding hydrogens is 473 g/mol. The minimum absolute atomic E-state index is 0.00681. The molecule has 1 saturated heterocycles. The molecule has 1 atom stereocenters. The van der Waals surface area contributed by atoms with Crippen molar-refractivity contribution >= 4 is 52.0 Å². The first-order valence-corrected chi connectivity index (χ1v) is 11.8. The molecule has 32 heavy (non-hydrogen) atoms. The number of likely N-dealkylation sites (tertiary alicyclic amines) is 1. The maximum absolute atomic E-state index is 13.1. The summed E-state index contributed by atoms with van der Waals surface area (Å²) in [5, 5.41) is 13.4. The number of nitrogens with zero attached hydrogens (tertiary/aromatic N) is 1. The lowest BCUT2D eigenvalue weighted by molar-refractivity contribution is -0.139. The van der Waals surface area contributed by atoms with Crippen LogP contribution in [0.3, 0.4) is 0 Å². The number of benzene rings is 1. The number of thiophene rings is 1. The molecule has 2 aromatic rings. The van der Waals surface area contributed by atoms with Gasteiger partial charge in [0.15, 0.2) is 11.5 Å². The van der Waals surface area contributed by atoms with Crippen molar-refractivity contribution in [1.82, 2.24) is 4.90 Å². The third-order valence-electron chi connectivity index (χ3n) is 5.49. The van der Waals surface area contributed by atoms with Gasteiger partial charge in [-0.2, -0.15) is 0 Å². The molecule has 1 aliphatic rings. The number of methoxy groups -OCH3 is 2. The van der Waals surface area contributed by atoms with Crippen LogP contribution in [0.1, 0.15) is 48.2 Å². The van der Waals surface area contributed by atoms with Gasteiger partial charge in [0.2, 0.25) is 0 Å². The summed E-state index contributed by atoms with van der Waals surface area (Å²) in [5.41, 5.74) is 1.05. The van der Waals surface area contributed by atoms with E-state index in [0.29, 0.717) is 6.54 Å². The van der Waals surface area contributed by atoms with Gasteiger partial charge in [-0.15, -0.1) is 11.3 Å². The molecule has 1 aromatic heterocycles. The number of carbonyl (C=O) groups is 2. The lowest BCUT2D eigenvalue weighted by atomic mass is 9.97. The lowest BCUT2D eigenvalue weighted by Gasteiger charge is -2.25. The number of hydrogen-bond acceptors (Lipinski definition) is 6. The summed E-state index contributed by atoms with van der Waals surface area (Å²) in [4.78, 5) is 28.5. The number of hydrogen-bond donors (Lipinski definition) is 1. The summed E-state index contributed by atoms with van der Waals surface area (Å²) in [7, 11) is 2.79. The normalized spacial score (nSPS) is 17.8. The Kier molecular flexibility index (Phi) is 7.75. The number of rotatable bonds is 8. The van der Waals surface area contributed by atoms with Crippen LogP contribution in [-0.2, 0) is 9.59 Å². The van der Waals surface area contributed by atoms with E-state index in [2.05, 4.69) is 6.92 Å². The Morgan fingerprint density at radius 2 is 1.88 bits per heavy atom. The number of aliphatic hydroxyl groups is 1. The number of halogens is 2. The molecule has 3 rings (SSSR count). The largest absolute Gasteiger partial charge is 0.507 e. The van der Waals surface area contributed by atoms with Gasteiger partial charge < -0.3 is 19.5 Å². The first-order chi connectivity index (χ1) is 15.3. The number of amides is 1. The van der Waals surface area contributed by atoms with Crippen molar-refractivity contribution in [2.24, 2.45) is 0 Å². The van der Waals surface area contributed by atoms with E-state index in [0.717, 1.165) is 29.7 Å². The van der Waals surface area contributed by atoms with Crippen LogP contribution < -0.4 is 9.47 Å². The van der Waals surface area contributed by atoms with Gasteiger partial charge in [-0.3, -0.25) is 9.59 Å². The number of ketones is 1. The molecule has 0 spiro atoms. The van der Waals surface area contributed by atoms with Crippen molar-refractivity contribution in [2.45, 2.75) is 39.2 Å². The summed E-state index contributed by atoms with van der Waals surface area (Å²) in [6, 6.07) is 2.65. The van der Waals surface area contributed by atoms with Crippen molar-refractivity contribution < 1.29 is 24.2 Å². The minimum atomic E-state index is -0.748. The molecular formula is C23H25Cl2NO5S. The summed E-state index contributed by atoms with van der Waals surface area (Å²) < 4.78 is 10.6. The van der Waals surface area contributed by atoms with E-state index in [1.165, 1.54) is 31.6 Å². The molecule has 172 valence electrons. The number of Topliss-reactive ketones (excluding diaryl/α,β-unsaturated/α-hetero) is 1. The molecule has 1 N–H and O–H groups in total. The van der Waals surface area contributed by atoms with Crippen LogP contribution in [0, 0.1) is 6.92 Å². The second-order valence-electron chi connectivity index (χ2n) is 7.45. The van der Waals surface area contributed by atoms with Crippen LogP contribution in [0.15, 0.2) is 23.1 Å². The third kappa shape index (κ3) is 4.21. The van der Waals surface area contributed by atoms with Crippen LogP contribution in [-0.4, -0.2) is 42.5 Å². The van der Waals surface area contributed by atoms with Gasteiger partial charge >= 0.3 is 0 Å². The SMILES string of the molecule is CCCCCN1C(=O)C(=O)/C(=C(/O)c2cc(Cl)c(OC)c(Cl)c2OC)C1c1sccc1C. The molecule has 0 aliphatic carbocycles. The Morgan fingerprint density at radius 1 is 1.19 bits per heavy atom. The highest BCUT2D eigenvalue weighted by atomic mass is 35.5. The fourth-order valence-corrected chi connectivity index (χ4v) is 5.61. The zero-order chi connectivity index (χ0) is 23.6. The van der Waals surface area contributed by atoms with Crippen molar-refractivity contribution in [2.75, 3.05) is 20.8 Å². The highest BCUT2D eigenvalue weighted by Gasteiger charge is 2.47. The number of carbonyl (C=O) groups excluding carboxylic acids is 2. The van der Waals surface area contributed by atoms with E-state index in [1.54, 1.807) is 4.90 Å². The summed E-state index contributed by atoms with van der Waals surface area (Å²) in [6.45, 7) is 4.40. The molecule has 6 nitrogen and oxygen atoms in total. The Bertz CT molecular complexity index is 1080. The fraction of sp³-hybridized carbons (Fsp3) is 0.391. The summed E-state index contributed by atoms with van der Waals surface area (Å²) in [5.74, 6) is -1.48. The van der Waals surface area contributed by atoms with E-state index in [4.69, 9.17) is 32.7 Å². The molecule has 1 amide bonds. The van der Waals surface area contributed by atoms with Crippen LogP contribution in [0.25, 0.3) is 5.76 Å². The maximum atomic E-state index is 13.1. The molecule has 0 saturated carbocycles. The Balaban J connectivity index is 2.24. The first-order valence-electron chi connectivity index (χ1n) is 10.2. The lowest BCUT2D eigenvalue weighted by Crippen LogP contribution is -2.30. The topological polar surface area (TPSA) is 76.1 Å². The van der Waals surface area contributed by atoms with Crippen LogP contribution in [0.5, 0.6) is 11.5 Å². The molecule has 9 heteroatoms. The number of aryl methyl sites for hydroxylation is 1. The Morgan fingerprint density at radius 3 is 2.44 bits per heavy atom. The summed E-state index contributed by atoms with van der Waals surface area (Å²) >= 11 is 14.1. The van der Waals surface area contributed by atoms with Gasteiger partial charge in [-0.25, -0.2) is 0 Å². The molecule has 1 unspecified atom stereocenters. The monoisotopic (exact) mass is 497 g/mol. The number of ether oxygens (including phenoxy) is 2. The van der Waals surface area contributed by atoms with Crippen molar-refractivity contribution in [3.05, 3.63) is 49.1 Å². The van der Waals surface area contributed by atoms with Gasteiger partial charge in [0.05, 0.1) is 36.4 Å². The van der Waals surface area contributed by atoms with Gasteiger partial charge in [0.1, 0.15) is 10.8 Å². The van der Waals surface area contributed by atoms with Gasteiger partial charge in [0.25, 0.3) is 11.7 Å². The Labute approximate surface area is 201 Å². The van der Waals surface area contributed by atoms with Gasteiger partial charge in [-0.1, -0.05) is 43.0 Å². The first kappa shape index (κ1) is 24.4. The number of aliphatic hydroxyl groups excluding tert-OH is 1. The van der Waals surface area contributed by atoms with Gasteiger partial charge in [0, 0.05) is 11.4 Å². The predicted molar refractivity (Wildman–Crippen MR) is 127 cm³/mol. The molecule has 1 aromatic carbocycles. The second-order valence-corrected chi connectivity index (χ2v) is 9.19. The quantitative estimate of drug-likeness (QED) is 0.209. The highest BCUT2D eigenvalue weighted by molar-refractivity contribution is 7.10. The highest BCUT2D eigenvalue weighted by Crippen LogP contribution is 2.48. The van der Waals surface area contributed by atoms with E-state index in [9.17, 15) is 14.7 Å². The standard InChI is InChI=1S/C23H25Cl2NO5S/c1-5-6-7-9-26-17(22-12(2)8-10-32-22)15(19(28)23(26)29)18(27)13-11-14(24)21(31-4)16(25)20(13)30-3/h8,10-11,17,27H,5-7,9H2,1-4H3/b18-15+. The van der Waals surface area contributed by atoms with E-state index in [-0.39, 0.29) is 38.4 Å². The average molecular weight is 498 g/mol. The zero-order valence-corrected chi connectivity index (χ0v) is 20.7. The van der Waals surface area contributed by atoms with E-state index in [1.807, 2.05) is 18.4 Å². The molecule has 2 heterocycles. The number of unbranched alkanes of at least 4 members (excludes halogenated alkanes) is 2. The third-order valence-corrected chi connectivity index (χ3v) is 7.18. The van der Waals surface area contributed by atoms with Crippen LogP contribution in [0.2, 0.25) is 10.0 Å². The van der Waals surface area contributed by atoms with Crippen LogP contribution >= 0.6 is 34.5 Å². The fourth-order valence-electron chi connectivity index (χ4n) is 3.87. The minimum Gasteiger partial charge on any atom is -0.507 e. The molecule has 0 radical (unpaired) electrons. The zero-order valence-electron chi connectivity index (χ0n) is 18.3. The summed E-state index contributed by atoms with van der Waals surface area (Å²) in [6.07, 6.45) is 2.66. The van der Waals surface area contributed by atoms with Crippen molar-refractivity contribution in [3.63, 3.8) is 0 Å². The molecule has 1 fully saturated rings. The van der Waals surface area contributed by atoms with Crippen LogP contribution in [0.4, 0.5) is 0 Å². The Hall–Kier alpha value is -2.22. The van der Waals surface area contributed by atoms with Gasteiger partial charge in [-0.05, 0) is 36.4 Å². The van der Waals surface area contributed by atoms with Crippen molar-refractivity contribution in [3.8, 4) is 11.5 Å². The second kappa shape index (κ2) is 10.1. The maximum Gasteiger partial charge on any atom is 0.295 e. The van der Waals surface area contributed by atoms with E-state index >= 15 is 0 Å². The van der Waals surface area contributed by atoms with Crippen molar-refractivity contribution in [1.29, 1.82) is 0 Å². The smallest absolute Gasteiger partial charge is 0.295 e. The molecule has 1 aliphatic heterocycles. The molecule has 0 bridgehead atoms. The van der Waals surface area contributed by atoms with E-state index < -0.39 is 17.7 Å². The average Bonchev–Trinajstić information content (AvgIpc) is 3.29. The predicted octanol–water partition coefficient (Wildman–Crippen LogP) is 5.99.